The van der Waals surface area contributed by atoms with Crippen molar-refractivity contribution in [1.29, 1.82) is 0 Å². The van der Waals surface area contributed by atoms with Gasteiger partial charge < -0.3 is 14.2 Å². The van der Waals surface area contributed by atoms with Gasteiger partial charge in [-0.1, -0.05) is 0 Å². The molecule has 3 fully saturated rings. The average Bonchev–Trinajstić information content (AvgIpc) is 2.76. The maximum absolute atomic E-state index is 6.34. The van der Waals surface area contributed by atoms with Crippen molar-refractivity contribution in [2.75, 3.05) is 20.3 Å². The molecule has 0 aromatic rings. The molecular formula is C11H16Cl2O3. The topological polar surface area (TPSA) is 27.7 Å². The van der Waals surface area contributed by atoms with Crippen LogP contribution >= 0.6 is 23.2 Å². The lowest BCUT2D eigenvalue weighted by molar-refractivity contribution is -0.297. The third-order valence-electron chi connectivity index (χ3n) is 4.31. The summed E-state index contributed by atoms with van der Waals surface area (Å²) in [5.74, 6) is -0.475. The summed E-state index contributed by atoms with van der Waals surface area (Å²) in [5, 5.41) is -0.269. The van der Waals surface area contributed by atoms with Crippen molar-refractivity contribution in [3.63, 3.8) is 0 Å². The van der Waals surface area contributed by atoms with Gasteiger partial charge in [-0.3, -0.25) is 0 Å². The van der Waals surface area contributed by atoms with Crippen LogP contribution in [0.25, 0.3) is 0 Å². The smallest absolute Gasteiger partial charge is 0.175 e. The van der Waals surface area contributed by atoms with E-state index in [1.54, 1.807) is 7.11 Å². The molecule has 1 spiro atoms. The van der Waals surface area contributed by atoms with Gasteiger partial charge >= 0.3 is 0 Å². The number of alkyl halides is 2. The lowest BCUT2D eigenvalue weighted by Crippen LogP contribution is -2.75. The largest absolute Gasteiger partial charge is 0.376 e. The second kappa shape index (κ2) is 3.72. The highest BCUT2D eigenvalue weighted by atomic mass is 35.5. The predicted octanol–water partition coefficient (Wildman–Crippen LogP) is 2.14. The molecule has 16 heavy (non-hydrogen) atoms. The molecular weight excluding hydrogens is 251 g/mol. The van der Waals surface area contributed by atoms with Crippen LogP contribution in [-0.2, 0) is 14.2 Å². The molecule has 0 radical (unpaired) electrons. The fraction of sp³-hybridized carbons (Fsp3) is 1.00. The summed E-state index contributed by atoms with van der Waals surface area (Å²) in [5.41, 5.74) is -0.351. The van der Waals surface area contributed by atoms with E-state index in [-0.39, 0.29) is 22.3 Å². The Morgan fingerprint density at radius 1 is 1.19 bits per heavy atom. The van der Waals surface area contributed by atoms with E-state index in [2.05, 4.69) is 0 Å². The number of halogens is 2. The Hall–Kier alpha value is 0.460. The van der Waals surface area contributed by atoms with Gasteiger partial charge in [0.2, 0.25) is 0 Å². The highest BCUT2D eigenvalue weighted by Gasteiger charge is 2.72. The molecule has 92 valence electrons. The molecule has 3 nitrogen and oxygen atoms in total. The Balaban J connectivity index is 1.94. The van der Waals surface area contributed by atoms with Crippen molar-refractivity contribution in [1.82, 2.24) is 0 Å². The molecule has 3 aliphatic rings. The first-order valence-corrected chi connectivity index (χ1v) is 6.65. The maximum atomic E-state index is 6.34. The fourth-order valence-corrected chi connectivity index (χ4v) is 4.67. The molecule has 2 aliphatic carbocycles. The number of hydrogen-bond donors (Lipinski definition) is 0. The monoisotopic (exact) mass is 266 g/mol. The van der Waals surface area contributed by atoms with Gasteiger partial charge in [-0.25, -0.2) is 0 Å². The first-order chi connectivity index (χ1) is 7.66. The van der Waals surface area contributed by atoms with Crippen LogP contribution in [0, 0.1) is 5.92 Å². The van der Waals surface area contributed by atoms with Crippen molar-refractivity contribution in [3.8, 4) is 0 Å². The van der Waals surface area contributed by atoms with Crippen molar-refractivity contribution in [2.45, 2.75) is 41.4 Å². The molecule has 3 rings (SSSR count). The zero-order chi connectivity index (χ0) is 11.4. The molecule has 0 aromatic carbocycles. The normalized spacial score (nSPS) is 50.1. The fourth-order valence-electron chi connectivity index (χ4n) is 3.57. The average molecular weight is 267 g/mol. The van der Waals surface area contributed by atoms with Gasteiger partial charge in [0, 0.05) is 13.5 Å². The minimum Gasteiger partial charge on any atom is -0.376 e. The Kier molecular flexibility index (Phi) is 2.69. The zero-order valence-corrected chi connectivity index (χ0v) is 10.8. The zero-order valence-electron chi connectivity index (χ0n) is 9.25. The first-order valence-electron chi connectivity index (χ1n) is 5.77. The van der Waals surface area contributed by atoms with E-state index in [1.165, 1.54) is 0 Å². The molecule has 2 saturated carbocycles. The van der Waals surface area contributed by atoms with Gasteiger partial charge in [-0.05, 0) is 12.8 Å². The van der Waals surface area contributed by atoms with Gasteiger partial charge in [0.1, 0.15) is 0 Å². The third kappa shape index (κ3) is 1.21. The number of hydrogen-bond acceptors (Lipinski definition) is 3. The lowest BCUT2D eigenvalue weighted by atomic mass is 9.58. The molecule has 4 unspecified atom stereocenters. The van der Waals surface area contributed by atoms with Gasteiger partial charge in [-0.15, -0.1) is 23.2 Å². The van der Waals surface area contributed by atoms with E-state index >= 15 is 0 Å². The van der Waals surface area contributed by atoms with E-state index in [0.717, 1.165) is 19.3 Å². The Morgan fingerprint density at radius 3 is 2.50 bits per heavy atom. The molecule has 5 heteroatoms. The lowest BCUT2D eigenvalue weighted by Gasteiger charge is -2.63. The number of ether oxygens (including phenoxy) is 3. The van der Waals surface area contributed by atoms with Crippen LogP contribution < -0.4 is 0 Å². The van der Waals surface area contributed by atoms with Gasteiger partial charge in [0.15, 0.2) is 5.79 Å². The summed E-state index contributed by atoms with van der Waals surface area (Å²) < 4.78 is 17.3. The molecule has 0 bridgehead atoms. The quantitative estimate of drug-likeness (QED) is 0.681. The number of methoxy groups -OCH3 is 1. The molecule has 1 heterocycles. The van der Waals surface area contributed by atoms with Crippen molar-refractivity contribution >= 4 is 23.2 Å². The minimum atomic E-state index is -0.536. The second-order valence-electron chi connectivity index (χ2n) is 4.85. The highest BCUT2D eigenvalue weighted by molar-refractivity contribution is 6.32. The van der Waals surface area contributed by atoms with Gasteiger partial charge in [0.05, 0.1) is 35.5 Å². The van der Waals surface area contributed by atoms with Crippen molar-refractivity contribution in [3.05, 3.63) is 0 Å². The van der Waals surface area contributed by atoms with E-state index < -0.39 is 5.79 Å². The molecule has 0 N–H and O–H groups in total. The Labute approximate surface area is 105 Å². The van der Waals surface area contributed by atoms with Crippen LogP contribution in [0.3, 0.4) is 0 Å². The standard InChI is InChI=1S/C11H16Cl2O3/c1-14-10-3-2-4-11(15-5-6-16-11)8(10)7(12)9(10)13/h7-9H,2-6H2,1H3. The van der Waals surface area contributed by atoms with Crippen LogP contribution in [0.5, 0.6) is 0 Å². The van der Waals surface area contributed by atoms with E-state index in [0.29, 0.717) is 13.2 Å². The van der Waals surface area contributed by atoms with E-state index in [9.17, 15) is 0 Å². The third-order valence-corrected chi connectivity index (χ3v) is 5.59. The predicted molar refractivity (Wildman–Crippen MR) is 61.0 cm³/mol. The van der Waals surface area contributed by atoms with Crippen LogP contribution in [0.15, 0.2) is 0 Å². The molecule has 0 aromatic heterocycles. The molecule has 1 saturated heterocycles. The molecule has 4 atom stereocenters. The summed E-state index contributed by atoms with van der Waals surface area (Å²) >= 11 is 12.7. The van der Waals surface area contributed by atoms with Crippen molar-refractivity contribution in [2.24, 2.45) is 5.92 Å². The SMILES string of the molecule is COC12CCCC3(OCCO3)C1C(Cl)C2Cl. The molecule has 0 amide bonds. The van der Waals surface area contributed by atoms with E-state index in [4.69, 9.17) is 37.4 Å². The number of fused-ring (bicyclic) bond motifs is 2. The summed E-state index contributed by atoms with van der Waals surface area (Å²) in [7, 11) is 1.71. The van der Waals surface area contributed by atoms with Gasteiger partial charge in [-0.2, -0.15) is 0 Å². The van der Waals surface area contributed by atoms with Crippen LogP contribution in [-0.4, -0.2) is 42.5 Å². The Bertz CT molecular complexity index is 287. The van der Waals surface area contributed by atoms with E-state index in [1.807, 2.05) is 0 Å². The van der Waals surface area contributed by atoms with Gasteiger partial charge in [0.25, 0.3) is 0 Å². The van der Waals surface area contributed by atoms with Crippen LogP contribution in [0.1, 0.15) is 19.3 Å². The highest BCUT2D eigenvalue weighted by Crippen LogP contribution is 2.61. The van der Waals surface area contributed by atoms with Crippen molar-refractivity contribution < 1.29 is 14.2 Å². The summed E-state index contributed by atoms with van der Waals surface area (Å²) in [6, 6.07) is 0. The summed E-state index contributed by atoms with van der Waals surface area (Å²) in [4.78, 5) is 0. The van der Waals surface area contributed by atoms with Crippen LogP contribution in [0.2, 0.25) is 0 Å². The minimum absolute atomic E-state index is 0.0606. The summed E-state index contributed by atoms with van der Waals surface area (Å²) in [6.45, 7) is 1.29. The Morgan fingerprint density at radius 2 is 1.88 bits per heavy atom. The first kappa shape index (κ1) is 11.5. The molecule has 1 aliphatic heterocycles. The maximum Gasteiger partial charge on any atom is 0.175 e. The van der Waals surface area contributed by atoms with Crippen LogP contribution in [0.4, 0.5) is 0 Å². The second-order valence-corrected chi connectivity index (χ2v) is 5.82. The number of rotatable bonds is 1. The summed E-state index contributed by atoms with van der Waals surface area (Å²) in [6.07, 6.45) is 2.85.